The molecule has 108 valence electrons. The van der Waals surface area contributed by atoms with Crippen LogP contribution in [-0.4, -0.2) is 42.2 Å². The predicted octanol–water partition coefficient (Wildman–Crippen LogP) is 1.75. The van der Waals surface area contributed by atoms with Crippen LogP contribution in [0.5, 0.6) is 0 Å². The van der Waals surface area contributed by atoms with Gasteiger partial charge in [-0.25, -0.2) is 0 Å². The third-order valence-corrected chi connectivity index (χ3v) is 3.99. The first-order valence-electron chi connectivity index (χ1n) is 7.14. The minimum atomic E-state index is -0.185. The average Bonchev–Trinajstić information content (AvgIpc) is 2.94. The number of ether oxygens (including phenoxy) is 2. The van der Waals surface area contributed by atoms with E-state index in [0.717, 1.165) is 39.1 Å². The Morgan fingerprint density at radius 2 is 2.21 bits per heavy atom. The zero-order valence-corrected chi connectivity index (χ0v) is 12.2. The van der Waals surface area contributed by atoms with Gasteiger partial charge < -0.3 is 14.8 Å². The summed E-state index contributed by atoms with van der Waals surface area (Å²) in [5, 5.41) is 7.95. The van der Waals surface area contributed by atoms with E-state index < -0.39 is 0 Å². The van der Waals surface area contributed by atoms with Crippen molar-refractivity contribution in [3.8, 4) is 0 Å². The van der Waals surface area contributed by atoms with Crippen LogP contribution in [0.25, 0.3) is 0 Å². The molecule has 1 aliphatic rings. The Balaban J connectivity index is 2.26. The smallest absolute Gasteiger partial charge is 0.0917 e. The summed E-state index contributed by atoms with van der Waals surface area (Å²) in [6.07, 6.45) is 5.90. The summed E-state index contributed by atoms with van der Waals surface area (Å²) >= 11 is 0. The van der Waals surface area contributed by atoms with Crippen LogP contribution in [0.4, 0.5) is 0 Å². The van der Waals surface area contributed by atoms with Crippen LogP contribution in [0.15, 0.2) is 12.4 Å². The molecule has 2 heterocycles. The van der Waals surface area contributed by atoms with Gasteiger partial charge in [0.05, 0.1) is 17.8 Å². The number of hydrogen-bond acceptors (Lipinski definition) is 4. The molecule has 5 nitrogen and oxygen atoms in total. The second-order valence-electron chi connectivity index (χ2n) is 5.00. The number of aryl methyl sites for hydroxylation is 1. The number of nitrogens with zero attached hydrogens (tertiary/aromatic N) is 2. The van der Waals surface area contributed by atoms with Crippen molar-refractivity contribution >= 4 is 0 Å². The van der Waals surface area contributed by atoms with Gasteiger partial charge in [-0.05, 0) is 13.5 Å². The van der Waals surface area contributed by atoms with Crippen LogP contribution in [0.1, 0.15) is 38.3 Å². The van der Waals surface area contributed by atoms with Crippen molar-refractivity contribution in [2.75, 3.05) is 26.9 Å². The highest BCUT2D eigenvalue weighted by molar-refractivity contribution is 5.17. The highest BCUT2D eigenvalue weighted by Gasteiger charge is 2.41. The molecule has 0 spiro atoms. The van der Waals surface area contributed by atoms with Crippen LogP contribution in [0.2, 0.25) is 0 Å². The monoisotopic (exact) mass is 267 g/mol. The fourth-order valence-corrected chi connectivity index (χ4v) is 2.84. The number of hydrogen-bond donors (Lipinski definition) is 1. The standard InChI is InChI=1S/C14H25N3O2/c1-4-15-13(12-10-16-17(5-2)11-12)14(18-3)6-8-19-9-7-14/h10-11,13,15H,4-9H2,1-3H3. The molecule has 0 saturated carbocycles. The summed E-state index contributed by atoms with van der Waals surface area (Å²) < 4.78 is 13.4. The molecule has 1 aliphatic heterocycles. The normalized spacial score (nSPS) is 20.4. The van der Waals surface area contributed by atoms with Gasteiger partial charge in [0, 0.05) is 51.5 Å². The maximum atomic E-state index is 5.91. The molecule has 1 atom stereocenters. The molecule has 0 bridgehead atoms. The quantitative estimate of drug-likeness (QED) is 0.853. The summed E-state index contributed by atoms with van der Waals surface area (Å²) in [5.74, 6) is 0. The van der Waals surface area contributed by atoms with E-state index in [0.29, 0.717) is 0 Å². The molecule has 1 fully saturated rings. The fourth-order valence-electron chi connectivity index (χ4n) is 2.84. The number of rotatable bonds is 6. The molecule has 0 amide bonds. The van der Waals surface area contributed by atoms with Gasteiger partial charge in [-0.1, -0.05) is 6.92 Å². The van der Waals surface area contributed by atoms with Crippen LogP contribution >= 0.6 is 0 Å². The largest absolute Gasteiger partial charge is 0.381 e. The van der Waals surface area contributed by atoms with Crippen LogP contribution in [-0.2, 0) is 16.0 Å². The Bertz CT molecular complexity index is 386. The van der Waals surface area contributed by atoms with E-state index in [1.54, 1.807) is 7.11 Å². The molecule has 1 aromatic rings. The minimum Gasteiger partial charge on any atom is -0.381 e. The van der Waals surface area contributed by atoms with Gasteiger partial charge in [0.1, 0.15) is 0 Å². The lowest BCUT2D eigenvalue weighted by Gasteiger charge is -2.42. The molecule has 1 unspecified atom stereocenters. The molecule has 19 heavy (non-hydrogen) atoms. The number of aromatic nitrogens is 2. The van der Waals surface area contributed by atoms with Crippen molar-refractivity contribution in [2.45, 2.75) is 44.9 Å². The van der Waals surface area contributed by atoms with Gasteiger partial charge in [-0.3, -0.25) is 4.68 Å². The maximum absolute atomic E-state index is 5.91. The second-order valence-corrected chi connectivity index (χ2v) is 5.00. The highest BCUT2D eigenvalue weighted by Crippen LogP contribution is 2.37. The van der Waals surface area contributed by atoms with E-state index in [4.69, 9.17) is 9.47 Å². The second kappa shape index (κ2) is 6.50. The van der Waals surface area contributed by atoms with Crippen molar-refractivity contribution in [3.63, 3.8) is 0 Å². The van der Waals surface area contributed by atoms with Crippen molar-refractivity contribution in [1.82, 2.24) is 15.1 Å². The third kappa shape index (κ3) is 2.99. The van der Waals surface area contributed by atoms with E-state index in [9.17, 15) is 0 Å². The van der Waals surface area contributed by atoms with Gasteiger partial charge in [-0.2, -0.15) is 5.10 Å². The van der Waals surface area contributed by atoms with Gasteiger partial charge >= 0.3 is 0 Å². The number of methoxy groups -OCH3 is 1. The van der Waals surface area contributed by atoms with E-state index in [1.165, 1.54) is 5.56 Å². The van der Waals surface area contributed by atoms with Crippen LogP contribution in [0.3, 0.4) is 0 Å². The summed E-state index contributed by atoms with van der Waals surface area (Å²) in [7, 11) is 1.81. The van der Waals surface area contributed by atoms with Gasteiger partial charge in [-0.15, -0.1) is 0 Å². The lowest BCUT2D eigenvalue weighted by Crippen LogP contribution is -2.49. The first kappa shape index (κ1) is 14.5. The molecular weight excluding hydrogens is 242 g/mol. The molecular formula is C14H25N3O2. The Hall–Kier alpha value is -0.910. The van der Waals surface area contributed by atoms with Crippen LogP contribution < -0.4 is 5.32 Å². The Labute approximate surface area is 115 Å². The number of nitrogens with one attached hydrogen (secondary N) is 1. The van der Waals surface area contributed by atoms with Crippen molar-refractivity contribution in [1.29, 1.82) is 0 Å². The average molecular weight is 267 g/mol. The van der Waals surface area contributed by atoms with E-state index in [1.807, 2.05) is 10.9 Å². The molecule has 1 aromatic heterocycles. The zero-order valence-electron chi connectivity index (χ0n) is 12.2. The molecule has 1 saturated heterocycles. The Morgan fingerprint density at radius 3 is 2.74 bits per heavy atom. The van der Waals surface area contributed by atoms with Crippen LogP contribution in [0, 0.1) is 0 Å². The summed E-state index contributed by atoms with van der Waals surface area (Å²) in [5.41, 5.74) is 1.02. The van der Waals surface area contributed by atoms with Crippen molar-refractivity contribution in [2.24, 2.45) is 0 Å². The predicted molar refractivity (Wildman–Crippen MR) is 74.1 cm³/mol. The highest BCUT2D eigenvalue weighted by atomic mass is 16.5. The van der Waals surface area contributed by atoms with Gasteiger partial charge in [0.2, 0.25) is 0 Å². The first-order valence-corrected chi connectivity index (χ1v) is 7.14. The third-order valence-electron chi connectivity index (χ3n) is 3.99. The lowest BCUT2D eigenvalue weighted by atomic mass is 9.83. The summed E-state index contributed by atoms with van der Waals surface area (Å²) in [6.45, 7) is 7.55. The lowest BCUT2D eigenvalue weighted by molar-refractivity contribution is -0.111. The van der Waals surface area contributed by atoms with E-state index in [2.05, 4.69) is 30.5 Å². The Morgan fingerprint density at radius 1 is 1.47 bits per heavy atom. The fraction of sp³-hybridized carbons (Fsp3) is 0.786. The topological polar surface area (TPSA) is 48.3 Å². The van der Waals surface area contributed by atoms with E-state index >= 15 is 0 Å². The van der Waals surface area contributed by atoms with Crippen molar-refractivity contribution < 1.29 is 9.47 Å². The maximum Gasteiger partial charge on any atom is 0.0917 e. The molecule has 5 heteroatoms. The summed E-state index contributed by atoms with van der Waals surface area (Å²) in [4.78, 5) is 0. The minimum absolute atomic E-state index is 0.173. The number of likely N-dealkylation sites (N-methyl/N-ethyl adjacent to an activating group) is 1. The van der Waals surface area contributed by atoms with E-state index in [-0.39, 0.29) is 11.6 Å². The zero-order chi connectivity index (χ0) is 13.7. The molecule has 2 rings (SSSR count). The molecule has 1 N–H and O–H groups in total. The summed E-state index contributed by atoms with van der Waals surface area (Å²) in [6, 6.07) is 0.173. The SMILES string of the molecule is CCNC(c1cnn(CC)c1)C1(OC)CCOCC1. The Kier molecular flexibility index (Phi) is 4.96. The van der Waals surface area contributed by atoms with Gasteiger partial charge in [0.25, 0.3) is 0 Å². The first-order chi connectivity index (χ1) is 9.25. The molecule has 0 aliphatic carbocycles. The molecule has 0 radical (unpaired) electrons. The molecule has 0 aromatic carbocycles. The van der Waals surface area contributed by atoms with Gasteiger partial charge in [0.15, 0.2) is 0 Å². The van der Waals surface area contributed by atoms with Crippen molar-refractivity contribution in [3.05, 3.63) is 18.0 Å².